The minimum atomic E-state index is -0.154. The van der Waals surface area contributed by atoms with Crippen molar-refractivity contribution in [3.8, 4) is 27.9 Å². The summed E-state index contributed by atoms with van der Waals surface area (Å²) in [6.07, 6.45) is 12.9. The molecular formula is C74H72BN3. The Hall–Kier alpha value is -7.56. The van der Waals surface area contributed by atoms with Crippen LogP contribution in [0.3, 0.4) is 0 Å². The van der Waals surface area contributed by atoms with Crippen LogP contribution in [0.1, 0.15) is 140 Å². The van der Waals surface area contributed by atoms with Gasteiger partial charge in [0, 0.05) is 44.9 Å². The lowest BCUT2D eigenvalue weighted by Gasteiger charge is -2.46. The molecule has 0 spiro atoms. The van der Waals surface area contributed by atoms with Crippen LogP contribution >= 0.6 is 0 Å². The highest BCUT2D eigenvalue weighted by Gasteiger charge is 2.46. The molecule has 3 heterocycles. The SMILES string of the molecule is CC(C)(C)c1cc2c(cc1-c1ccccc1)B1c3cc(-c4ccccc4)c(C(C)(C)C)cc3N(c3cccc(C4CCCCC4)c3)c3cc(-n4c5ccccc5c5ccccc54)cc(c31)N2c1cccc(C2CCCCC2)c1. The zero-order valence-corrected chi connectivity index (χ0v) is 46.6. The minimum Gasteiger partial charge on any atom is -0.311 e. The van der Waals surface area contributed by atoms with Gasteiger partial charge in [0.05, 0.1) is 16.7 Å². The number of benzene rings is 9. The molecule has 10 aromatic rings. The van der Waals surface area contributed by atoms with Gasteiger partial charge in [-0.25, -0.2) is 0 Å². The number of anilines is 6. The van der Waals surface area contributed by atoms with Gasteiger partial charge in [-0.05, 0) is 170 Å². The molecule has 2 saturated carbocycles. The van der Waals surface area contributed by atoms with Gasteiger partial charge in [0.25, 0.3) is 6.71 Å². The zero-order valence-electron chi connectivity index (χ0n) is 46.6. The molecule has 2 aliphatic heterocycles. The summed E-state index contributed by atoms with van der Waals surface area (Å²) in [6, 6.07) is 75.7. The Kier molecular flexibility index (Phi) is 12.0. The van der Waals surface area contributed by atoms with Crippen molar-refractivity contribution in [2.24, 2.45) is 0 Å². The first-order valence-corrected chi connectivity index (χ1v) is 29.4. The predicted molar refractivity (Wildman–Crippen MR) is 335 cm³/mol. The number of para-hydroxylation sites is 2. The van der Waals surface area contributed by atoms with Crippen LogP contribution in [-0.4, -0.2) is 11.3 Å². The smallest absolute Gasteiger partial charge is 0.252 e. The molecule has 1 aromatic heterocycles. The molecule has 2 fully saturated rings. The van der Waals surface area contributed by atoms with E-state index in [0.717, 1.165) is 0 Å². The van der Waals surface area contributed by atoms with Gasteiger partial charge in [-0.15, -0.1) is 0 Å². The van der Waals surface area contributed by atoms with Crippen LogP contribution in [0.2, 0.25) is 0 Å². The lowest BCUT2D eigenvalue weighted by Crippen LogP contribution is -2.61. The highest BCUT2D eigenvalue weighted by atomic mass is 15.2. The summed E-state index contributed by atoms with van der Waals surface area (Å²) in [7, 11) is 0. The fourth-order valence-electron chi connectivity index (χ4n) is 14.6. The van der Waals surface area contributed by atoms with Crippen LogP contribution in [0.15, 0.2) is 194 Å². The molecule has 78 heavy (non-hydrogen) atoms. The summed E-state index contributed by atoms with van der Waals surface area (Å²) < 4.78 is 2.56. The predicted octanol–water partition coefficient (Wildman–Crippen LogP) is 18.9. The van der Waals surface area contributed by atoms with Crippen LogP contribution in [0.25, 0.3) is 49.7 Å². The van der Waals surface area contributed by atoms with E-state index >= 15 is 0 Å². The van der Waals surface area contributed by atoms with Gasteiger partial charge in [0.1, 0.15) is 0 Å². The Bertz CT molecular complexity index is 3670. The molecule has 14 rings (SSSR count). The molecule has 4 aliphatic rings. The summed E-state index contributed by atoms with van der Waals surface area (Å²) in [5.41, 5.74) is 25.6. The summed E-state index contributed by atoms with van der Waals surface area (Å²) in [5, 5.41) is 2.54. The fraction of sp³-hybridized carbons (Fsp3) is 0.270. The fourth-order valence-corrected chi connectivity index (χ4v) is 14.6. The Morgan fingerprint density at radius 1 is 0.372 bits per heavy atom. The van der Waals surface area contributed by atoms with E-state index in [4.69, 9.17) is 0 Å². The van der Waals surface area contributed by atoms with E-state index in [1.165, 1.54) is 187 Å². The zero-order chi connectivity index (χ0) is 52.9. The van der Waals surface area contributed by atoms with E-state index < -0.39 is 0 Å². The van der Waals surface area contributed by atoms with Crippen molar-refractivity contribution in [2.45, 2.75) is 128 Å². The highest BCUT2D eigenvalue weighted by molar-refractivity contribution is 7.00. The Morgan fingerprint density at radius 3 is 1.21 bits per heavy atom. The lowest BCUT2D eigenvalue weighted by molar-refractivity contribution is 0.443. The Labute approximate surface area is 463 Å². The number of nitrogens with zero attached hydrogens (tertiary/aromatic N) is 3. The average Bonchev–Trinajstić information content (AvgIpc) is 3.86. The minimum absolute atomic E-state index is 0.0873. The third-order valence-corrected chi connectivity index (χ3v) is 18.4. The molecule has 4 heteroatoms. The van der Waals surface area contributed by atoms with Crippen molar-refractivity contribution < 1.29 is 0 Å². The molecule has 0 saturated heterocycles. The van der Waals surface area contributed by atoms with Crippen molar-refractivity contribution in [1.29, 1.82) is 0 Å². The van der Waals surface area contributed by atoms with E-state index in [0.29, 0.717) is 11.8 Å². The molecule has 386 valence electrons. The van der Waals surface area contributed by atoms with Gasteiger partial charge in [0.15, 0.2) is 0 Å². The second kappa shape index (κ2) is 19.1. The molecule has 2 aliphatic carbocycles. The first kappa shape index (κ1) is 48.8. The van der Waals surface area contributed by atoms with Crippen LogP contribution in [0.4, 0.5) is 34.1 Å². The monoisotopic (exact) mass is 1010 g/mol. The maximum Gasteiger partial charge on any atom is 0.252 e. The number of fused-ring (bicyclic) bond motifs is 7. The summed E-state index contributed by atoms with van der Waals surface area (Å²) in [6.45, 7) is 14.3. The summed E-state index contributed by atoms with van der Waals surface area (Å²) >= 11 is 0. The van der Waals surface area contributed by atoms with Crippen molar-refractivity contribution in [1.82, 2.24) is 4.57 Å². The molecule has 0 bridgehead atoms. The molecule has 3 nitrogen and oxygen atoms in total. The van der Waals surface area contributed by atoms with Gasteiger partial charge in [-0.3, -0.25) is 0 Å². The maximum absolute atomic E-state index is 2.71. The highest BCUT2D eigenvalue weighted by Crippen LogP contribution is 2.51. The third-order valence-electron chi connectivity index (χ3n) is 18.4. The lowest BCUT2D eigenvalue weighted by atomic mass is 9.33. The molecule has 0 N–H and O–H groups in total. The quantitative estimate of drug-likeness (QED) is 0.147. The number of hydrogen-bond acceptors (Lipinski definition) is 2. The van der Waals surface area contributed by atoms with Crippen molar-refractivity contribution in [3.63, 3.8) is 0 Å². The normalized spacial score (nSPS) is 15.9. The molecule has 0 atom stereocenters. The largest absolute Gasteiger partial charge is 0.311 e. The third kappa shape index (κ3) is 8.23. The van der Waals surface area contributed by atoms with Gasteiger partial charge in [0.2, 0.25) is 0 Å². The maximum atomic E-state index is 2.71. The van der Waals surface area contributed by atoms with Crippen molar-refractivity contribution in [2.75, 3.05) is 9.80 Å². The van der Waals surface area contributed by atoms with E-state index in [9.17, 15) is 0 Å². The van der Waals surface area contributed by atoms with Crippen molar-refractivity contribution >= 4 is 79.0 Å². The van der Waals surface area contributed by atoms with Gasteiger partial charge >= 0.3 is 0 Å². The second-order valence-corrected chi connectivity index (χ2v) is 25.4. The second-order valence-electron chi connectivity index (χ2n) is 25.4. The molecule has 0 unspecified atom stereocenters. The van der Waals surface area contributed by atoms with Crippen LogP contribution in [0.5, 0.6) is 0 Å². The van der Waals surface area contributed by atoms with E-state index in [2.05, 4.69) is 250 Å². The van der Waals surface area contributed by atoms with E-state index in [-0.39, 0.29) is 17.5 Å². The number of hydrogen-bond donors (Lipinski definition) is 0. The summed E-state index contributed by atoms with van der Waals surface area (Å²) in [4.78, 5) is 5.42. The van der Waals surface area contributed by atoms with Crippen molar-refractivity contribution in [3.05, 3.63) is 216 Å². The van der Waals surface area contributed by atoms with E-state index in [1.54, 1.807) is 0 Å². The standard InChI is InChI=1S/C74H72BN3/c1-73(2,3)62-47-68-64(45-60(62)51-29-15-9-16-30-51)75-65-46-61(52-31-17-10-18-32-52)63(74(4,5)6)48-69(65)77(56-36-24-34-54(42-56)50-27-13-8-14-28-50)71-44-57(78-66-39-21-19-37-58(66)59-38-20-22-40-67(59)78)43-70(72(71)75)76(68)55-35-23-33-53(41-55)49-25-11-7-12-26-49/h9-10,15-24,29-50H,7-8,11-14,25-28H2,1-6H3. The molecular weight excluding hydrogens is 942 g/mol. The molecule has 0 radical (unpaired) electrons. The van der Waals surface area contributed by atoms with Crippen LogP contribution in [-0.2, 0) is 10.8 Å². The number of aromatic nitrogens is 1. The van der Waals surface area contributed by atoms with Gasteiger partial charge in [-0.1, -0.05) is 214 Å². The Balaban J connectivity index is 1.15. The first-order valence-electron chi connectivity index (χ1n) is 29.4. The Morgan fingerprint density at radius 2 is 0.782 bits per heavy atom. The van der Waals surface area contributed by atoms with E-state index in [1.807, 2.05) is 0 Å². The first-order chi connectivity index (χ1) is 38.0. The van der Waals surface area contributed by atoms with Gasteiger partial charge in [-0.2, -0.15) is 0 Å². The number of rotatable bonds is 7. The summed E-state index contributed by atoms with van der Waals surface area (Å²) in [5.74, 6) is 1.12. The van der Waals surface area contributed by atoms with Crippen LogP contribution < -0.4 is 26.2 Å². The van der Waals surface area contributed by atoms with Crippen LogP contribution in [0, 0.1) is 0 Å². The van der Waals surface area contributed by atoms with Gasteiger partial charge < -0.3 is 14.4 Å². The average molecular weight is 1010 g/mol. The molecule has 0 amide bonds. The molecule has 9 aromatic carbocycles. The topological polar surface area (TPSA) is 11.4 Å².